The molecule has 0 bridgehead atoms. The molecule has 1 fully saturated rings. The van der Waals surface area contributed by atoms with Crippen LogP contribution in [-0.2, 0) is 4.74 Å². The zero-order valence-corrected chi connectivity index (χ0v) is 10.4. The zero-order valence-electron chi connectivity index (χ0n) is 10.4. The first-order valence-corrected chi connectivity index (χ1v) is 6.26. The molecule has 1 atom stereocenters. The average Bonchev–Trinajstić information content (AvgIpc) is 2.73. The van der Waals surface area contributed by atoms with Crippen LogP contribution in [-0.4, -0.2) is 21.5 Å². The van der Waals surface area contributed by atoms with E-state index >= 15 is 0 Å². The maximum Gasteiger partial charge on any atom is 0.153 e. The van der Waals surface area contributed by atoms with Gasteiger partial charge in [-0.1, -0.05) is 0 Å². The van der Waals surface area contributed by atoms with E-state index in [1.54, 1.807) is 6.07 Å². The second-order valence-electron chi connectivity index (χ2n) is 4.75. The van der Waals surface area contributed by atoms with Crippen LogP contribution in [0.3, 0.4) is 0 Å². The minimum absolute atomic E-state index is 0.0394. The van der Waals surface area contributed by atoms with Gasteiger partial charge in [0.15, 0.2) is 12.0 Å². The highest BCUT2D eigenvalue weighted by molar-refractivity contribution is 5.93. The third-order valence-corrected chi connectivity index (χ3v) is 3.56. The lowest BCUT2D eigenvalue weighted by Gasteiger charge is -2.23. The molecule has 0 saturated carbocycles. The van der Waals surface area contributed by atoms with Crippen LogP contribution in [0.4, 0.5) is 5.82 Å². The van der Waals surface area contributed by atoms with Gasteiger partial charge in [-0.05, 0) is 38.3 Å². The molecule has 3 rings (SSSR count). The number of phenolic OH excluding ortho intramolecular Hbond substituents is 1. The number of aromatic nitrogens is 2. The predicted octanol–water partition coefficient (Wildman–Crippen LogP) is 2.33. The van der Waals surface area contributed by atoms with Crippen molar-refractivity contribution < 1.29 is 9.84 Å². The summed E-state index contributed by atoms with van der Waals surface area (Å²) >= 11 is 0. The summed E-state index contributed by atoms with van der Waals surface area (Å²) in [5.74, 6) is 0.700. The van der Waals surface area contributed by atoms with Gasteiger partial charge < -0.3 is 15.6 Å². The molecule has 2 heterocycles. The number of rotatable bonds is 1. The largest absolute Gasteiger partial charge is 0.508 e. The van der Waals surface area contributed by atoms with E-state index in [4.69, 9.17) is 10.5 Å². The third kappa shape index (κ3) is 1.62. The summed E-state index contributed by atoms with van der Waals surface area (Å²) in [7, 11) is 0. The first kappa shape index (κ1) is 11.3. The Morgan fingerprint density at radius 1 is 1.44 bits per heavy atom. The fourth-order valence-electron chi connectivity index (χ4n) is 2.56. The summed E-state index contributed by atoms with van der Waals surface area (Å²) in [6.07, 6.45) is 3.16. The quantitative estimate of drug-likeness (QED) is 0.811. The number of nitrogens with zero attached hydrogens (tertiary/aromatic N) is 2. The van der Waals surface area contributed by atoms with Gasteiger partial charge in [-0.15, -0.1) is 0 Å². The van der Waals surface area contributed by atoms with E-state index in [1.807, 2.05) is 17.7 Å². The van der Waals surface area contributed by atoms with E-state index in [1.165, 1.54) is 0 Å². The van der Waals surface area contributed by atoms with Crippen molar-refractivity contribution in [3.8, 4) is 5.75 Å². The van der Waals surface area contributed by atoms with Crippen LogP contribution in [0.1, 0.15) is 31.1 Å². The lowest BCUT2D eigenvalue weighted by Crippen LogP contribution is -2.19. The Bertz CT molecular complexity index is 585. The maximum atomic E-state index is 9.74. The van der Waals surface area contributed by atoms with E-state index in [0.29, 0.717) is 5.82 Å². The van der Waals surface area contributed by atoms with Crippen molar-refractivity contribution in [2.45, 2.75) is 32.4 Å². The second-order valence-corrected chi connectivity index (χ2v) is 4.75. The Labute approximate surface area is 105 Å². The molecule has 1 aliphatic rings. The van der Waals surface area contributed by atoms with Crippen LogP contribution in [0, 0.1) is 6.92 Å². The number of ether oxygens (including phenoxy) is 1. The lowest BCUT2D eigenvalue weighted by molar-refractivity contribution is -0.0365. The van der Waals surface area contributed by atoms with Gasteiger partial charge >= 0.3 is 0 Å². The number of aromatic hydroxyl groups is 1. The molecular weight excluding hydrogens is 230 g/mol. The highest BCUT2D eigenvalue weighted by Crippen LogP contribution is 2.33. The van der Waals surface area contributed by atoms with Gasteiger partial charge in [-0.2, -0.15) is 5.10 Å². The molecule has 3 N–H and O–H groups in total. The SMILES string of the molecule is Cc1c(O)ccc2c1c(N)nn2C1CCCCO1. The molecular formula is C13H17N3O2. The summed E-state index contributed by atoms with van der Waals surface area (Å²) < 4.78 is 7.58. The van der Waals surface area contributed by atoms with E-state index in [0.717, 1.165) is 42.3 Å². The average molecular weight is 247 g/mol. The Kier molecular flexibility index (Phi) is 2.63. The van der Waals surface area contributed by atoms with E-state index in [9.17, 15) is 5.11 Å². The third-order valence-electron chi connectivity index (χ3n) is 3.56. The first-order chi connectivity index (χ1) is 8.68. The first-order valence-electron chi connectivity index (χ1n) is 6.26. The van der Waals surface area contributed by atoms with Crippen molar-refractivity contribution >= 4 is 16.7 Å². The molecule has 96 valence electrons. The molecule has 5 heteroatoms. The van der Waals surface area contributed by atoms with Gasteiger partial charge in [0, 0.05) is 12.2 Å². The van der Waals surface area contributed by atoms with E-state index < -0.39 is 0 Å². The van der Waals surface area contributed by atoms with Gasteiger partial charge in [-0.3, -0.25) is 0 Å². The summed E-state index contributed by atoms with van der Waals surface area (Å²) in [4.78, 5) is 0. The number of nitrogen functional groups attached to an aromatic ring is 1. The lowest BCUT2D eigenvalue weighted by atomic mass is 10.1. The van der Waals surface area contributed by atoms with Crippen molar-refractivity contribution in [3.63, 3.8) is 0 Å². The standard InChI is InChI=1S/C13H17N3O2/c1-8-10(17)6-5-9-12(8)13(14)15-16(9)11-4-2-3-7-18-11/h5-6,11,17H,2-4,7H2,1H3,(H2,14,15). The molecule has 2 aromatic rings. The highest BCUT2D eigenvalue weighted by Gasteiger charge is 2.21. The molecule has 0 radical (unpaired) electrons. The van der Waals surface area contributed by atoms with Crippen LogP contribution in [0.5, 0.6) is 5.75 Å². The molecule has 0 spiro atoms. The Morgan fingerprint density at radius 2 is 2.28 bits per heavy atom. The van der Waals surface area contributed by atoms with Crippen molar-refractivity contribution in [3.05, 3.63) is 17.7 Å². The minimum Gasteiger partial charge on any atom is -0.508 e. The van der Waals surface area contributed by atoms with Gasteiger partial charge in [0.25, 0.3) is 0 Å². The Morgan fingerprint density at radius 3 is 3.00 bits per heavy atom. The Balaban J connectivity index is 2.16. The van der Waals surface area contributed by atoms with Crippen molar-refractivity contribution in [1.82, 2.24) is 9.78 Å². The number of hydrogen-bond acceptors (Lipinski definition) is 4. The monoisotopic (exact) mass is 247 g/mol. The summed E-state index contributed by atoms with van der Waals surface area (Å²) in [5.41, 5.74) is 7.65. The fourth-order valence-corrected chi connectivity index (χ4v) is 2.56. The van der Waals surface area contributed by atoms with E-state index in [-0.39, 0.29) is 12.0 Å². The number of hydrogen-bond donors (Lipinski definition) is 2. The molecule has 0 amide bonds. The Hall–Kier alpha value is -1.75. The molecule has 1 aliphatic heterocycles. The van der Waals surface area contributed by atoms with Gasteiger partial charge in [0.2, 0.25) is 0 Å². The number of phenols is 1. The number of aryl methyl sites for hydroxylation is 1. The van der Waals surface area contributed by atoms with Crippen molar-refractivity contribution in [1.29, 1.82) is 0 Å². The van der Waals surface area contributed by atoms with Crippen molar-refractivity contribution in [2.75, 3.05) is 12.3 Å². The normalized spacial score (nSPS) is 20.4. The highest BCUT2D eigenvalue weighted by atomic mass is 16.5. The number of nitrogens with two attached hydrogens (primary N) is 1. The van der Waals surface area contributed by atoms with Gasteiger partial charge in [-0.25, -0.2) is 4.68 Å². The molecule has 1 unspecified atom stereocenters. The van der Waals surface area contributed by atoms with Gasteiger partial charge in [0.05, 0.1) is 10.9 Å². The predicted molar refractivity (Wildman–Crippen MR) is 69.4 cm³/mol. The molecule has 1 aromatic carbocycles. The molecule has 5 nitrogen and oxygen atoms in total. The number of benzene rings is 1. The summed E-state index contributed by atoms with van der Waals surface area (Å²) in [6.45, 7) is 2.62. The maximum absolute atomic E-state index is 9.74. The second kappa shape index (κ2) is 4.17. The fraction of sp³-hybridized carbons (Fsp3) is 0.462. The molecule has 1 aromatic heterocycles. The number of anilines is 1. The smallest absolute Gasteiger partial charge is 0.153 e. The van der Waals surface area contributed by atoms with Gasteiger partial charge in [0.1, 0.15) is 5.75 Å². The van der Waals surface area contributed by atoms with Crippen LogP contribution >= 0.6 is 0 Å². The van der Waals surface area contributed by atoms with Crippen LogP contribution in [0.25, 0.3) is 10.9 Å². The van der Waals surface area contributed by atoms with Crippen LogP contribution < -0.4 is 5.73 Å². The topological polar surface area (TPSA) is 73.3 Å². The summed E-state index contributed by atoms with van der Waals surface area (Å²) in [5, 5.41) is 14.9. The minimum atomic E-state index is -0.0394. The van der Waals surface area contributed by atoms with Crippen molar-refractivity contribution in [2.24, 2.45) is 0 Å². The summed E-state index contributed by atoms with van der Waals surface area (Å²) in [6, 6.07) is 3.52. The molecule has 18 heavy (non-hydrogen) atoms. The van der Waals surface area contributed by atoms with E-state index in [2.05, 4.69) is 5.10 Å². The molecule has 0 aliphatic carbocycles. The number of fused-ring (bicyclic) bond motifs is 1. The van der Waals surface area contributed by atoms with Crippen LogP contribution in [0.2, 0.25) is 0 Å². The van der Waals surface area contributed by atoms with Crippen LogP contribution in [0.15, 0.2) is 12.1 Å². The molecule has 1 saturated heterocycles. The zero-order chi connectivity index (χ0) is 12.7.